The molecule has 0 saturated heterocycles. The molecule has 1 atom stereocenters. The molecule has 0 heterocycles. The third kappa shape index (κ3) is 9.18. The molecule has 1 unspecified atom stereocenters. The van der Waals surface area contributed by atoms with E-state index in [0.29, 0.717) is 0 Å². The molecule has 3 aromatic rings. The molecule has 10 heteroatoms. The highest BCUT2D eigenvalue weighted by Crippen LogP contribution is 2.22. The van der Waals surface area contributed by atoms with Gasteiger partial charge in [-0.25, -0.2) is 12.8 Å². The van der Waals surface area contributed by atoms with E-state index in [9.17, 15) is 22.4 Å². The number of amides is 2. The van der Waals surface area contributed by atoms with Gasteiger partial charge in [0.2, 0.25) is 21.8 Å². The van der Waals surface area contributed by atoms with Gasteiger partial charge in [0.15, 0.2) is 0 Å². The molecule has 3 rings (SSSR count). The largest absolute Gasteiger partial charge is 0.350 e. The van der Waals surface area contributed by atoms with Crippen LogP contribution in [-0.4, -0.2) is 49.5 Å². The smallest absolute Gasteiger partial charge is 0.244 e. The Kier molecular flexibility index (Phi) is 9.90. The average Bonchev–Trinajstić information content (AvgIpc) is 2.83. The van der Waals surface area contributed by atoms with E-state index in [4.69, 9.17) is 0 Å². The normalized spacial score (nSPS) is 12.5. The molecule has 0 aliphatic heterocycles. The molecular weight excluding hydrogens is 585 g/mol. The van der Waals surface area contributed by atoms with Crippen molar-refractivity contribution < 1.29 is 22.4 Å². The molecule has 0 aliphatic rings. The number of benzene rings is 3. The van der Waals surface area contributed by atoms with Crippen LogP contribution in [0.1, 0.15) is 31.9 Å². The van der Waals surface area contributed by atoms with E-state index in [2.05, 4.69) is 21.2 Å². The van der Waals surface area contributed by atoms with Crippen LogP contribution in [0.4, 0.5) is 10.1 Å². The van der Waals surface area contributed by atoms with Crippen LogP contribution in [0.2, 0.25) is 0 Å². The fraction of sp³-hybridized carbons (Fsp3) is 0.310. The van der Waals surface area contributed by atoms with Crippen molar-refractivity contribution >= 4 is 43.5 Å². The summed E-state index contributed by atoms with van der Waals surface area (Å²) in [5.41, 5.74) is 1.03. The van der Waals surface area contributed by atoms with Crippen LogP contribution in [0.5, 0.6) is 0 Å². The van der Waals surface area contributed by atoms with E-state index in [-0.39, 0.29) is 24.6 Å². The summed E-state index contributed by atoms with van der Waals surface area (Å²) in [5.74, 6) is -1.60. The third-order valence-corrected chi connectivity index (χ3v) is 7.42. The van der Waals surface area contributed by atoms with Crippen LogP contribution in [-0.2, 0) is 32.6 Å². The SMILES string of the molecule is CC(C)(C)NC(=O)C(Cc1ccccc1)N(Cc1cccc(Br)c1)C(=O)CN(c1cccc(F)c1)S(C)(=O)=O. The molecule has 1 N–H and O–H groups in total. The molecule has 208 valence electrons. The van der Waals surface area contributed by atoms with Crippen molar-refractivity contribution in [3.63, 3.8) is 0 Å². The van der Waals surface area contributed by atoms with Crippen LogP contribution < -0.4 is 9.62 Å². The summed E-state index contributed by atoms with van der Waals surface area (Å²) in [6.45, 7) is 4.99. The highest BCUT2D eigenvalue weighted by atomic mass is 79.9. The Morgan fingerprint density at radius 3 is 2.18 bits per heavy atom. The van der Waals surface area contributed by atoms with E-state index in [1.54, 1.807) is 0 Å². The van der Waals surface area contributed by atoms with Crippen molar-refractivity contribution in [2.75, 3.05) is 17.1 Å². The Morgan fingerprint density at radius 1 is 0.949 bits per heavy atom. The van der Waals surface area contributed by atoms with E-state index in [0.717, 1.165) is 32.2 Å². The zero-order valence-electron chi connectivity index (χ0n) is 22.4. The van der Waals surface area contributed by atoms with Crippen molar-refractivity contribution in [3.8, 4) is 0 Å². The number of carbonyl (C=O) groups is 2. The molecule has 0 spiro atoms. The zero-order valence-corrected chi connectivity index (χ0v) is 24.8. The summed E-state index contributed by atoms with van der Waals surface area (Å²) >= 11 is 3.45. The lowest BCUT2D eigenvalue weighted by atomic mass is 10.0. The number of halogens is 2. The van der Waals surface area contributed by atoms with Gasteiger partial charge in [0.1, 0.15) is 18.4 Å². The molecule has 39 heavy (non-hydrogen) atoms. The van der Waals surface area contributed by atoms with Gasteiger partial charge in [0.25, 0.3) is 0 Å². The van der Waals surface area contributed by atoms with Gasteiger partial charge < -0.3 is 10.2 Å². The summed E-state index contributed by atoms with van der Waals surface area (Å²) in [5, 5.41) is 2.97. The number of anilines is 1. The lowest BCUT2D eigenvalue weighted by molar-refractivity contribution is -0.140. The van der Waals surface area contributed by atoms with Crippen molar-refractivity contribution in [1.82, 2.24) is 10.2 Å². The Morgan fingerprint density at radius 2 is 1.59 bits per heavy atom. The zero-order chi connectivity index (χ0) is 28.8. The van der Waals surface area contributed by atoms with Gasteiger partial charge in [-0.1, -0.05) is 64.5 Å². The minimum atomic E-state index is -3.97. The van der Waals surface area contributed by atoms with Gasteiger partial charge in [-0.05, 0) is 62.2 Å². The Balaban J connectivity index is 2.08. The highest BCUT2D eigenvalue weighted by molar-refractivity contribution is 9.10. The van der Waals surface area contributed by atoms with Crippen LogP contribution in [0.25, 0.3) is 0 Å². The van der Waals surface area contributed by atoms with Gasteiger partial charge >= 0.3 is 0 Å². The number of rotatable bonds is 10. The minimum absolute atomic E-state index is 0.0204. The Bertz CT molecular complexity index is 1410. The summed E-state index contributed by atoms with van der Waals surface area (Å²) in [4.78, 5) is 29.0. The van der Waals surface area contributed by atoms with Crippen LogP contribution in [0.15, 0.2) is 83.3 Å². The first-order chi connectivity index (χ1) is 18.2. The van der Waals surface area contributed by atoms with Gasteiger partial charge in [0.05, 0.1) is 11.9 Å². The molecule has 0 saturated carbocycles. The van der Waals surface area contributed by atoms with E-state index < -0.39 is 39.9 Å². The van der Waals surface area contributed by atoms with Gasteiger partial charge in [0, 0.05) is 23.0 Å². The fourth-order valence-electron chi connectivity index (χ4n) is 4.08. The molecular formula is C29H33BrFN3O4S. The molecule has 0 aliphatic carbocycles. The maximum absolute atomic E-state index is 14.0. The number of hydrogen-bond acceptors (Lipinski definition) is 4. The molecule has 3 aromatic carbocycles. The predicted molar refractivity (Wildman–Crippen MR) is 155 cm³/mol. The fourth-order valence-corrected chi connectivity index (χ4v) is 5.37. The predicted octanol–water partition coefficient (Wildman–Crippen LogP) is 4.91. The second-order valence-corrected chi connectivity index (χ2v) is 13.2. The first-order valence-corrected chi connectivity index (χ1v) is 15.0. The third-order valence-electron chi connectivity index (χ3n) is 5.79. The monoisotopic (exact) mass is 617 g/mol. The second kappa shape index (κ2) is 12.7. The number of carbonyl (C=O) groups excluding carboxylic acids is 2. The maximum atomic E-state index is 14.0. The first-order valence-electron chi connectivity index (χ1n) is 12.4. The quantitative estimate of drug-likeness (QED) is 0.350. The summed E-state index contributed by atoms with van der Waals surface area (Å²) < 4.78 is 41.1. The van der Waals surface area contributed by atoms with Gasteiger partial charge in [-0.2, -0.15) is 0 Å². The number of hydrogen-bond donors (Lipinski definition) is 1. The molecule has 0 radical (unpaired) electrons. The lowest BCUT2D eigenvalue weighted by Crippen LogP contribution is -2.56. The second-order valence-electron chi connectivity index (χ2n) is 10.3. The van der Waals surface area contributed by atoms with E-state index >= 15 is 0 Å². The molecule has 7 nitrogen and oxygen atoms in total. The molecule has 0 bridgehead atoms. The lowest BCUT2D eigenvalue weighted by Gasteiger charge is -2.35. The summed E-state index contributed by atoms with van der Waals surface area (Å²) in [6.07, 6.45) is 1.17. The summed E-state index contributed by atoms with van der Waals surface area (Å²) in [6, 6.07) is 20.7. The van der Waals surface area contributed by atoms with Crippen LogP contribution in [0, 0.1) is 5.82 Å². The number of nitrogens with zero attached hydrogens (tertiary/aromatic N) is 2. The highest BCUT2D eigenvalue weighted by Gasteiger charge is 2.34. The van der Waals surface area contributed by atoms with Gasteiger partial charge in [-0.3, -0.25) is 13.9 Å². The number of sulfonamides is 1. The molecule has 0 aromatic heterocycles. The average molecular weight is 619 g/mol. The topological polar surface area (TPSA) is 86.8 Å². The molecule has 0 fully saturated rings. The Labute approximate surface area is 238 Å². The number of nitrogens with one attached hydrogen (secondary N) is 1. The van der Waals surface area contributed by atoms with Crippen molar-refractivity contribution in [2.45, 2.75) is 45.3 Å². The van der Waals surface area contributed by atoms with Crippen molar-refractivity contribution in [2.24, 2.45) is 0 Å². The first kappa shape index (κ1) is 30.3. The van der Waals surface area contributed by atoms with Crippen LogP contribution in [0.3, 0.4) is 0 Å². The van der Waals surface area contributed by atoms with E-state index in [1.807, 2.05) is 75.4 Å². The van der Waals surface area contributed by atoms with E-state index in [1.165, 1.54) is 23.1 Å². The minimum Gasteiger partial charge on any atom is -0.350 e. The van der Waals surface area contributed by atoms with Crippen LogP contribution >= 0.6 is 15.9 Å². The maximum Gasteiger partial charge on any atom is 0.244 e. The van der Waals surface area contributed by atoms with Crippen molar-refractivity contribution in [1.29, 1.82) is 0 Å². The standard InChI is InChI=1S/C29H33BrFN3O4S/c1-29(2,3)32-28(36)26(17-21-10-6-5-7-11-21)33(19-22-12-8-13-23(30)16-22)27(35)20-34(39(4,37)38)25-15-9-14-24(31)18-25/h5-16,18,26H,17,19-20H2,1-4H3,(H,32,36). The molecule has 2 amide bonds. The Hall–Kier alpha value is -3.24. The van der Waals surface area contributed by atoms with Crippen molar-refractivity contribution in [3.05, 3.63) is 100 Å². The summed E-state index contributed by atoms with van der Waals surface area (Å²) in [7, 11) is -3.97. The van der Waals surface area contributed by atoms with Gasteiger partial charge in [-0.15, -0.1) is 0 Å².